The van der Waals surface area contributed by atoms with Gasteiger partial charge < -0.3 is 14.5 Å². The van der Waals surface area contributed by atoms with Crippen LogP contribution >= 0.6 is 11.6 Å². The molecule has 6 rings (SSSR count). The van der Waals surface area contributed by atoms with Gasteiger partial charge in [-0.25, -0.2) is 4.39 Å². The zero-order chi connectivity index (χ0) is 24.3. The molecule has 1 aromatic carbocycles. The standard InChI is InChI=1S/C25H20ClFN6O2/c1-3-19(34)32-11-15-7-14(32)12-33(15)24-17-10-29-22(21(27)23(17)30-25(31-24)35-2)16-9-28-8-13-5-4-6-18(26)20(13)16/h3-6,8-10,14-15H,1,7,11-12H2,2H3. The van der Waals surface area contributed by atoms with E-state index < -0.39 is 5.82 Å². The van der Waals surface area contributed by atoms with E-state index in [0.29, 0.717) is 40.3 Å². The number of likely N-dealkylation sites (tertiary alicyclic amines) is 1. The van der Waals surface area contributed by atoms with Gasteiger partial charge in [-0.05, 0) is 18.6 Å². The van der Waals surface area contributed by atoms with E-state index in [1.807, 2.05) is 17.0 Å². The van der Waals surface area contributed by atoms with Crippen LogP contribution in [0.25, 0.3) is 32.9 Å². The van der Waals surface area contributed by atoms with Crippen molar-refractivity contribution in [2.45, 2.75) is 18.5 Å². The van der Waals surface area contributed by atoms with Crippen molar-refractivity contribution in [3.63, 3.8) is 0 Å². The monoisotopic (exact) mass is 490 g/mol. The number of rotatable bonds is 4. The minimum absolute atomic E-state index is 0.0440. The van der Waals surface area contributed by atoms with Crippen LogP contribution in [-0.2, 0) is 4.79 Å². The number of carbonyl (C=O) groups is 1. The highest BCUT2D eigenvalue weighted by atomic mass is 35.5. The van der Waals surface area contributed by atoms with E-state index in [0.717, 1.165) is 11.8 Å². The smallest absolute Gasteiger partial charge is 0.318 e. The summed E-state index contributed by atoms with van der Waals surface area (Å²) in [5.74, 6) is -0.148. The van der Waals surface area contributed by atoms with Crippen LogP contribution in [0.5, 0.6) is 6.01 Å². The molecular weight excluding hydrogens is 471 g/mol. The van der Waals surface area contributed by atoms with Crippen LogP contribution in [0.3, 0.4) is 0 Å². The van der Waals surface area contributed by atoms with Crippen molar-refractivity contribution in [1.82, 2.24) is 24.8 Å². The highest BCUT2D eigenvalue weighted by molar-refractivity contribution is 6.36. The number of pyridine rings is 2. The van der Waals surface area contributed by atoms with Crippen LogP contribution in [0.2, 0.25) is 5.02 Å². The van der Waals surface area contributed by atoms with Gasteiger partial charge in [-0.2, -0.15) is 9.97 Å². The van der Waals surface area contributed by atoms with Crippen molar-refractivity contribution in [2.24, 2.45) is 0 Å². The third-order valence-corrected chi connectivity index (χ3v) is 7.10. The number of fused-ring (bicyclic) bond motifs is 4. The molecule has 0 radical (unpaired) electrons. The summed E-state index contributed by atoms with van der Waals surface area (Å²) in [6.07, 6.45) is 6.95. The third kappa shape index (κ3) is 3.30. The minimum Gasteiger partial charge on any atom is -0.467 e. The molecule has 8 nitrogen and oxygen atoms in total. The molecule has 2 aliphatic heterocycles. The number of ether oxygens (including phenoxy) is 1. The molecule has 0 spiro atoms. The van der Waals surface area contributed by atoms with Crippen LogP contribution < -0.4 is 9.64 Å². The first-order valence-electron chi connectivity index (χ1n) is 11.1. The second-order valence-electron chi connectivity index (χ2n) is 8.63. The predicted molar refractivity (Wildman–Crippen MR) is 131 cm³/mol. The molecule has 35 heavy (non-hydrogen) atoms. The van der Waals surface area contributed by atoms with Crippen molar-refractivity contribution in [1.29, 1.82) is 0 Å². The van der Waals surface area contributed by atoms with Gasteiger partial charge in [-0.1, -0.05) is 30.3 Å². The molecule has 2 fully saturated rings. The summed E-state index contributed by atoms with van der Waals surface area (Å²) in [6, 6.07) is 5.58. The van der Waals surface area contributed by atoms with Crippen LogP contribution in [-0.4, -0.2) is 63.0 Å². The second kappa shape index (κ2) is 8.13. The maximum absolute atomic E-state index is 16.0. The van der Waals surface area contributed by atoms with Crippen molar-refractivity contribution in [2.75, 3.05) is 25.1 Å². The normalized spacial score (nSPS) is 19.1. The Morgan fingerprint density at radius 1 is 1.23 bits per heavy atom. The number of hydrogen-bond acceptors (Lipinski definition) is 7. The van der Waals surface area contributed by atoms with E-state index in [1.54, 1.807) is 24.7 Å². The third-order valence-electron chi connectivity index (χ3n) is 6.78. The number of benzene rings is 1. The maximum atomic E-state index is 16.0. The number of halogens is 2. The van der Waals surface area contributed by atoms with Gasteiger partial charge in [-0.15, -0.1) is 0 Å². The number of carbonyl (C=O) groups excluding carboxylic acids is 1. The number of amides is 1. The van der Waals surface area contributed by atoms with E-state index >= 15 is 4.39 Å². The second-order valence-corrected chi connectivity index (χ2v) is 9.04. The molecule has 2 atom stereocenters. The highest BCUT2D eigenvalue weighted by Gasteiger charge is 2.45. The molecule has 2 unspecified atom stereocenters. The van der Waals surface area contributed by atoms with Crippen LogP contribution in [0.4, 0.5) is 10.2 Å². The number of anilines is 1. The first kappa shape index (κ1) is 21.7. The van der Waals surface area contributed by atoms with Gasteiger partial charge in [0.25, 0.3) is 0 Å². The first-order chi connectivity index (χ1) is 17.0. The average molecular weight is 491 g/mol. The lowest BCUT2D eigenvalue weighted by molar-refractivity contribution is -0.127. The molecule has 0 aliphatic carbocycles. The summed E-state index contributed by atoms with van der Waals surface area (Å²) in [4.78, 5) is 33.7. The van der Waals surface area contributed by atoms with Gasteiger partial charge >= 0.3 is 6.01 Å². The van der Waals surface area contributed by atoms with E-state index in [-0.39, 0.29) is 35.2 Å². The number of nitrogens with zero attached hydrogens (tertiary/aromatic N) is 6. The average Bonchev–Trinajstić information content (AvgIpc) is 3.49. The summed E-state index contributed by atoms with van der Waals surface area (Å²) in [5, 5.41) is 2.40. The molecule has 5 heterocycles. The van der Waals surface area contributed by atoms with Gasteiger partial charge in [-0.3, -0.25) is 14.8 Å². The van der Waals surface area contributed by atoms with E-state index in [2.05, 4.69) is 31.4 Å². The van der Waals surface area contributed by atoms with Gasteiger partial charge in [0.05, 0.1) is 24.6 Å². The zero-order valence-corrected chi connectivity index (χ0v) is 19.5. The predicted octanol–water partition coefficient (Wildman–Crippen LogP) is 4.02. The maximum Gasteiger partial charge on any atom is 0.318 e. The fourth-order valence-electron chi connectivity index (χ4n) is 5.20. The van der Waals surface area contributed by atoms with Crippen molar-refractivity contribution >= 4 is 45.0 Å². The summed E-state index contributed by atoms with van der Waals surface area (Å²) >= 11 is 6.46. The molecule has 0 N–H and O–H groups in total. The fourth-order valence-corrected chi connectivity index (χ4v) is 5.49. The quantitative estimate of drug-likeness (QED) is 0.399. The lowest BCUT2D eigenvalue weighted by Gasteiger charge is -2.34. The molecule has 1 amide bonds. The van der Waals surface area contributed by atoms with Gasteiger partial charge in [0.2, 0.25) is 5.91 Å². The molecule has 10 heteroatoms. The molecular formula is C25H20ClFN6O2. The Kier molecular flexibility index (Phi) is 5.03. The van der Waals surface area contributed by atoms with Crippen LogP contribution in [0.15, 0.2) is 49.4 Å². The molecule has 2 aliphatic rings. The Hall–Kier alpha value is -3.85. The fraction of sp³-hybridized carbons (Fsp3) is 0.240. The van der Waals surface area contributed by atoms with Gasteiger partial charge in [0.15, 0.2) is 5.82 Å². The van der Waals surface area contributed by atoms with E-state index in [1.165, 1.54) is 13.2 Å². The highest BCUT2D eigenvalue weighted by Crippen LogP contribution is 2.40. The lowest BCUT2D eigenvalue weighted by Crippen LogP contribution is -2.48. The molecule has 2 bridgehead atoms. The minimum atomic E-state index is -0.605. The summed E-state index contributed by atoms with van der Waals surface area (Å²) in [5.41, 5.74) is 0.675. The molecule has 2 saturated heterocycles. The number of hydrogen-bond donors (Lipinski definition) is 0. The number of methoxy groups -OCH3 is 1. The zero-order valence-electron chi connectivity index (χ0n) is 18.8. The summed E-state index contributed by atoms with van der Waals surface area (Å²) in [7, 11) is 1.44. The van der Waals surface area contributed by atoms with Crippen LogP contribution in [0, 0.1) is 5.82 Å². The van der Waals surface area contributed by atoms with Crippen molar-refractivity contribution < 1.29 is 13.9 Å². The number of aromatic nitrogens is 4. The van der Waals surface area contributed by atoms with Crippen molar-refractivity contribution in [3.8, 4) is 17.3 Å². The molecule has 176 valence electrons. The molecule has 4 aromatic rings. The first-order valence-corrected chi connectivity index (χ1v) is 11.5. The number of piperazine rings is 1. The Labute approximate surface area is 205 Å². The Morgan fingerprint density at radius 3 is 2.83 bits per heavy atom. The molecule has 3 aromatic heterocycles. The van der Waals surface area contributed by atoms with Crippen molar-refractivity contribution in [3.05, 3.63) is 60.3 Å². The van der Waals surface area contributed by atoms with Gasteiger partial charge in [0, 0.05) is 53.0 Å². The van der Waals surface area contributed by atoms with E-state index in [4.69, 9.17) is 16.3 Å². The molecule has 0 saturated carbocycles. The lowest BCUT2D eigenvalue weighted by atomic mass is 10.0. The Balaban J connectivity index is 1.49. The Morgan fingerprint density at radius 2 is 2.09 bits per heavy atom. The summed E-state index contributed by atoms with van der Waals surface area (Å²) in [6.45, 7) is 4.72. The van der Waals surface area contributed by atoms with Crippen LogP contribution in [0.1, 0.15) is 6.42 Å². The van der Waals surface area contributed by atoms with Gasteiger partial charge in [0.1, 0.15) is 17.0 Å². The largest absolute Gasteiger partial charge is 0.467 e. The SMILES string of the molecule is C=CC(=O)N1CC2CC1CN2c1nc(OC)nc2c(F)c(-c3cncc4cccc(Cl)c34)ncc12. The topological polar surface area (TPSA) is 84.3 Å². The Bertz CT molecular complexity index is 1520. The van der Waals surface area contributed by atoms with E-state index in [9.17, 15) is 4.79 Å². The summed E-state index contributed by atoms with van der Waals surface area (Å²) < 4.78 is 21.4.